The number of aryl methyl sites for hydroxylation is 3. The van der Waals surface area contributed by atoms with Gasteiger partial charge in [0.05, 0.1) is 0 Å². The van der Waals surface area contributed by atoms with E-state index in [2.05, 4.69) is 15.3 Å². The normalized spacial score (nSPS) is 10.8. The van der Waals surface area contributed by atoms with Gasteiger partial charge in [-0.05, 0) is 38.5 Å². The SMILES string of the molecule is Cc1ccc(NC(=O)COc2ncnc3oc(C)c(C)c23)cc1F. The van der Waals surface area contributed by atoms with Crippen LogP contribution in [0.25, 0.3) is 11.1 Å². The van der Waals surface area contributed by atoms with Crippen LogP contribution in [-0.4, -0.2) is 22.5 Å². The molecule has 24 heavy (non-hydrogen) atoms. The van der Waals surface area contributed by atoms with Gasteiger partial charge in [0.1, 0.15) is 23.3 Å². The third kappa shape index (κ3) is 3.05. The Hall–Kier alpha value is -2.96. The minimum Gasteiger partial charge on any atom is -0.467 e. The van der Waals surface area contributed by atoms with E-state index in [1.165, 1.54) is 12.4 Å². The number of ether oxygens (including phenoxy) is 1. The average Bonchev–Trinajstić information content (AvgIpc) is 2.84. The van der Waals surface area contributed by atoms with Gasteiger partial charge in [0.25, 0.3) is 5.91 Å². The second-order valence-corrected chi connectivity index (χ2v) is 5.44. The highest BCUT2D eigenvalue weighted by Crippen LogP contribution is 2.29. The quantitative estimate of drug-likeness (QED) is 0.794. The number of carbonyl (C=O) groups is 1. The number of hydrogen-bond acceptors (Lipinski definition) is 5. The van der Waals surface area contributed by atoms with Gasteiger partial charge in [0, 0.05) is 11.3 Å². The summed E-state index contributed by atoms with van der Waals surface area (Å²) < 4.78 is 24.5. The Balaban J connectivity index is 1.71. The first kappa shape index (κ1) is 15.9. The van der Waals surface area contributed by atoms with Crippen LogP contribution in [-0.2, 0) is 4.79 Å². The van der Waals surface area contributed by atoms with E-state index in [1.807, 2.05) is 13.8 Å². The Kier molecular flexibility index (Phi) is 4.16. The van der Waals surface area contributed by atoms with Crippen LogP contribution in [0.15, 0.2) is 28.9 Å². The summed E-state index contributed by atoms with van der Waals surface area (Å²) in [6, 6.07) is 4.49. The van der Waals surface area contributed by atoms with E-state index in [9.17, 15) is 9.18 Å². The van der Waals surface area contributed by atoms with Gasteiger partial charge in [-0.2, -0.15) is 0 Å². The van der Waals surface area contributed by atoms with Crippen molar-refractivity contribution < 1.29 is 18.3 Å². The van der Waals surface area contributed by atoms with E-state index >= 15 is 0 Å². The van der Waals surface area contributed by atoms with Crippen LogP contribution < -0.4 is 10.1 Å². The van der Waals surface area contributed by atoms with Crippen molar-refractivity contribution in [2.24, 2.45) is 0 Å². The second-order valence-electron chi connectivity index (χ2n) is 5.44. The second kappa shape index (κ2) is 6.27. The monoisotopic (exact) mass is 329 g/mol. The van der Waals surface area contributed by atoms with Crippen LogP contribution in [0.5, 0.6) is 5.88 Å². The Labute approximate surface area is 137 Å². The zero-order chi connectivity index (χ0) is 17.3. The minimum absolute atomic E-state index is 0.259. The highest BCUT2D eigenvalue weighted by atomic mass is 19.1. The number of furan rings is 1. The van der Waals surface area contributed by atoms with Crippen molar-refractivity contribution in [1.29, 1.82) is 0 Å². The molecule has 0 saturated carbocycles. The molecule has 1 aromatic carbocycles. The van der Waals surface area contributed by atoms with Gasteiger partial charge < -0.3 is 14.5 Å². The number of benzene rings is 1. The van der Waals surface area contributed by atoms with Crippen molar-refractivity contribution in [2.75, 3.05) is 11.9 Å². The van der Waals surface area contributed by atoms with Crippen molar-refractivity contribution in [3.05, 3.63) is 47.2 Å². The fourth-order valence-electron chi connectivity index (χ4n) is 2.26. The molecule has 3 rings (SSSR count). The highest BCUT2D eigenvalue weighted by molar-refractivity contribution is 5.92. The van der Waals surface area contributed by atoms with Gasteiger partial charge in [-0.25, -0.2) is 14.4 Å². The molecule has 0 aliphatic rings. The molecule has 0 bridgehead atoms. The zero-order valence-corrected chi connectivity index (χ0v) is 13.5. The third-order valence-corrected chi connectivity index (χ3v) is 3.73. The molecule has 0 fully saturated rings. The van der Waals surface area contributed by atoms with Gasteiger partial charge in [-0.15, -0.1) is 0 Å². The molecule has 0 aliphatic carbocycles. The summed E-state index contributed by atoms with van der Waals surface area (Å²) in [4.78, 5) is 20.1. The molecule has 0 spiro atoms. The maximum Gasteiger partial charge on any atom is 0.262 e. The molecular formula is C17H16FN3O3. The number of aromatic nitrogens is 2. The Morgan fingerprint density at radius 3 is 2.83 bits per heavy atom. The van der Waals surface area contributed by atoms with Crippen molar-refractivity contribution in [2.45, 2.75) is 20.8 Å². The van der Waals surface area contributed by atoms with E-state index in [4.69, 9.17) is 9.15 Å². The lowest BCUT2D eigenvalue weighted by Crippen LogP contribution is -2.20. The van der Waals surface area contributed by atoms with Crippen molar-refractivity contribution in [3.63, 3.8) is 0 Å². The molecule has 1 amide bonds. The molecule has 2 heterocycles. The summed E-state index contributed by atoms with van der Waals surface area (Å²) in [6.45, 7) is 5.08. The predicted molar refractivity (Wildman–Crippen MR) is 86.5 cm³/mol. The van der Waals surface area contributed by atoms with Gasteiger partial charge in [0.15, 0.2) is 6.61 Å². The predicted octanol–water partition coefficient (Wildman–Crippen LogP) is 3.30. The summed E-state index contributed by atoms with van der Waals surface area (Å²) in [5, 5.41) is 3.22. The highest BCUT2D eigenvalue weighted by Gasteiger charge is 2.15. The number of halogens is 1. The lowest BCUT2D eigenvalue weighted by atomic mass is 10.2. The zero-order valence-electron chi connectivity index (χ0n) is 13.5. The molecule has 0 unspecified atom stereocenters. The summed E-state index contributed by atoms with van der Waals surface area (Å²) in [6.07, 6.45) is 1.31. The van der Waals surface area contributed by atoms with Gasteiger partial charge >= 0.3 is 0 Å². The van der Waals surface area contributed by atoms with E-state index in [-0.39, 0.29) is 18.3 Å². The third-order valence-electron chi connectivity index (χ3n) is 3.73. The molecular weight excluding hydrogens is 313 g/mol. The first-order valence-electron chi connectivity index (χ1n) is 7.35. The van der Waals surface area contributed by atoms with Crippen LogP contribution in [0.3, 0.4) is 0 Å². The number of amides is 1. The Morgan fingerprint density at radius 2 is 2.08 bits per heavy atom. The van der Waals surface area contributed by atoms with Crippen LogP contribution in [0.2, 0.25) is 0 Å². The first-order valence-corrected chi connectivity index (χ1v) is 7.35. The fourth-order valence-corrected chi connectivity index (χ4v) is 2.26. The molecule has 6 nitrogen and oxygen atoms in total. The summed E-state index contributed by atoms with van der Waals surface area (Å²) in [7, 11) is 0. The molecule has 0 atom stereocenters. The summed E-state index contributed by atoms with van der Waals surface area (Å²) >= 11 is 0. The number of fused-ring (bicyclic) bond motifs is 1. The molecule has 124 valence electrons. The van der Waals surface area contributed by atoms with E-state index in [0.29, 0.717) is 22.4 Å². The molecule has 1 N–H and O–H groups in total. The standard InChI is InChI=1S/C17H16FN3O3/c1-9-4-5-12(6-13(9)18)21-14(22)7-23-16-15-10(2)11(3)24-17(15)20-8-19-16/h4-6,8H,7H2,1-3H3,(H,21,22). The molecule has 0 aliphatic heterocycles. The van der Waals surface area contributed by atoms with Crippen LogP contribution in [0.4, 0.5) is 10.1 Å². The maximum atomic E-state index is 13.5. The van der Waals surface area contributed by atoms with Crippen molar-refractivity contribution in [1.82, 2.24) is 9.97 Å². The molecule has 0 radical (unpaired) electrons. The topological polar surface area (TPSA) is 77.2 Å². The van der Waals surface area contributed by atoms with E-state index in [1.54, 1.807) is 19.1 Å². The number of hydrogen-bond donors (Lipinski definition) is 1. The van der Waals surface area contributed by atoms with Crippen LogP contribution in [0.1, 0.15) is 16.9 Å². The van der Waals surface area contributed by atoms with E-state index < -0.39 is 5.91 Å². The number of carbonyl (C=O) groups excluding carboxylic acids is 1. The first-order chi connectivity index (χ1) is 11.5. The average molecular weight is 329 g/mol. The lowest BCUT2D eigenvalue weighted by Gasteiger charge is -2.08. The number of rotatable bonds is 4. The molecule has 3 aromatic rings. The van der Waals surface area contributed by atoms with Crippen LogP contribution in [0, 0.1) is 26.6 Å². The van der Waals surface area contributed by atoms with Gasteiger partial charge in [0.2, 0.25) is 11.6 Å². The molecule has 7 heteroatoms. The smallest absolute Gasteiger partial charge is 0.262 e. The Bertz CT molecular complexity index is 921. The lowest BCUT2D eigenvalue weighted by molar-refractivity contribution is -0.118. The Morgan fingerprint density at radius 1 is 1.29 bits per heavy atom. The minimum atomic E-state index is -0.414. The number of nitrogens with zero attached hydrogens (tertiary/aromatic N) is 2. The van der Waals surface area contributed by atoms with Gasteiger partial charge in [-0.1, -0.05) is 6.07 Å². The van der Waals surface area contributed by atoms with Crippen molar-refractivity contribution >= 4 is 22.7 Å². The fraction of sp³-hybridized carbons (Fsp3) is 0.235. The van der Waals surface area contributed by atoms with Crippen LogP contribution >= 0.6 is 0 Å². The largest absolute Gasteiger partial charge is 0.467 e. The number of nitrogens with one attached hydrogen (secondary N) is 1. The summed E-state index contributed by atoms with van der Waals surface area (Å²) in [5.41, 5.74) is 2.16. The summed E-state index contributed by atoms with van der Waals surface area (Å²) in [5.74, 6) is 0.202. The van der Waals surface area contributed by atoms with E-state index in [0.717, 1.165) is 11.3 Å². The van der Waals surface area contributed by atoms with Crippen molar-refractivity contribution in [3.8, 4) is 5.88 Å². The maximum absolute atomic E-state index is 13.5. The molecule has 2 aromatic heterocycles. The number of anilines is 1. The van der Waals surface area contributed by atoms with Gasteiger partial charge in [-0.3, -0.25) is 4.79 Å². The molecule has 0 saturated heterocycles.